The average molecular weight is 106 g/mol. The summed E-state index contributed by atoms with van der Waals surface area (Å²) in [6.45, 7) is 3.44. The highest BCUT2D eigenvalue weighted by Gasteiger charge is 2.18. The van der Waals surface area contributed by atoms with Gasteiger partial charge in [0.15, 0.2) is 0 Å². The van der Waals surface area contributed by atoms with Crippen LogP contribution < -0.4 is 0 Å². The van der Waals surface area contributed by atoms with Crippen LogP contribution in [0.1, 0.15) is 13.8 Å². The molecule has 0 fully saturated rings. The molecule has 0 saturated heterocycles. The van der Waals surface area contributed by atoms with E-state index in [0.29, 0.717) is 0 Å². The Kier molecular flexibility index (Phi) is 1.75. The molecule has 0 aliphatic carbocycles. The fourth-order valence-corrected chi connectivity index (χ4v) is 0. The van der Waals surface area contributed by atoms with Crippen molar-refractivity contribution in [1.29, 1.82) is 0 Å². The van der Waals surface area contributed by atoms with E-state index in [1.807, 2.05) is 0 Å². The van der Waals surface area contributed by atoms with Crippen LogP contribution in [0.2, 0.25) is 0 Å². The number of quaternary nitrogens is 1. The molecular formula is C4H12NO2+. The molecule has 3 nitrogen and oxygen atoms in total. The van der Waals surface area contributed by atoms with Crippen LogP contribution >= 0.6 is 0 Å². The first-order chi connectivity index (χ1) is 2.94. The molecule has 0 bridgehead atoms. The lowest BCUT2D eigenvalue weighted by Crippen LogP contribution is -2.42. The third kappa shape index (κ3) is 2.56. The molecule has 0 unspecified atom stereocenters. The van der Waals surface area contributed by atoms with Crippen molar-refractivity contribution in [2.45, 2.75) is 19.9 Å². The van der Waals surface area contributed by atoms with Gasteiger partial charge >= 0.3 is 0 Å². The lowest BCUT2D eigenvalue weighted by molar-refractivity contribution is -1.25. The van der Waals surface area contributed by atoms with Crippen molar-refractivity contribution in [2.24, 2.45) is 0 Å². The molecule has 0 aromatic heterocycles. The second kappa shape index (κ2) is 1.78. The van der Waals surface area contributed by atoms with Crippen LogP contribution in [0.5, 0.6) is 0 Å². The van der Waals surface area contributed by atoms with Crippen LogP contribution in [0, 0.1) is 0 Å². The average Bonchev–Trinajstić information content (AvgIpc) is 1.31. The standard InChI is InChI=1S/C4H12NO2/c1-4(2)5(3,6)7/h4,6-7H,1-3H3/q+1. The van der Waals surface area contributed by atoms with Gasteiger partial charge in [0.2, 0.25) is 0 Å². The predicted octanol–water partition coefficient (Wildman–Crippen LogP) is 0.620. The van der Waals surface area contributed by atoms with Gasteiger partial charge in [0.1, 0.15) is 13.1 Å². The van der Waals surface area contributed by atoms with Gasteiger partial charge in [-0.1, -0.05) is 0 Å². The van der Waals surface area contributed by atoms with Gasteiger partial charge in [-0.05, 0) is 18.7 Å². The summed E-state index contributed by atoms with van der Waals surface area (Å²) in [4.78, 5) is -0.944. The Morgan fingerprint density at radius 1 is 1.29 bits per heavy atom. The van der Waals surface area contributed by atoms with Gasteiger partial charge in [-0.25, -0.2) is 0 Å². The Hall–Kier alpha value is -0.120. The van der Waals surface area contributed by atoms with Gasteiger partial charge in [0, 0.05) is 0 Å². The molecule has 0 saturated carbocycles. The summed E-state index contributed by atoms with van der Waals surface area (Å²) in [6, 6.07) is -0.153. The van der Waals surface area contributed by atoms with E-state index in [9.17, 15) is 0 Å². The van der Waals surface area contributed by atoms with E-state index < -0.39 is 4.81 Å². The van der Waals surface area contributed by atoms with Crippen LogP contribution in [0.4, 0.5) is 0 Å². The van der Waals surface area contributed by atoms with E-state index in [0.717, 1.165) is 0 Å². The zero-order valence-electron chi connectivity index (χ0n) is 4.92. The number of rotatable bonds is 1. The molecule has 0 aliphatic heterocycles. The van der Waals surface area contributed by atoms with Crippen LogP contribution in [-0.2, 0) is 0 Å². The van der Waals surface area contributed by atoms with Gasteiger partial charge < -0.3 is 0 Å². The summed E-state index contributed by atoms with van der Waals surface area (Å²) in [5, 5.41) is 17.2. The quantitative estimate of drug-likeness (QED) is 0.380. The van der Waals surface area contributed by atoms with E-state index in [4.69, 9.17) is 10.4 Å². The zero-order chi connectivity index (χ0) is 6.08. The van der Waals surface area contributed by atoms with Gasteiger partial charge in [-0.3, -0.25) is 0 Å². The molecule has 0 amide bonds. The SMILES string of the molecule is CC(C)[N+](C)(O)O. The maximum atomic E-state index is 8.59. The van der Waals surface area contributed by atoms with Crippen molar-refractivity contribution in [1.82, 2.24) is 0 Å². The highest BCUT2D eigenvalue weighted by atomic mass is 16.8. The molecule has 7 heavy (non-hydrogen) atoms. The smallest absolute Gasteiger partial charge is 0.146 e. The summed E-state index contributed by atoms with van der Waals surface area (Å²) in [5.74, 6) is 0. The topological polar surface area (TPSA) is 40.5 Å². The van der Waals surface area contributed by atoms with Crippen molar-refractivity contribution in [3.8, 4) is 0 Å². The van der Waals surface area contributed by atoms with Crippen molar-refractivity contribution in [2.75, 3.05) is 7.05 Å². The van der Waals surface area contributed by atoms with Gasteiger partial charge in [-0.15, -0.1) is 0 Å². The second-order valence-electron chi connectivity index (χ2n) is 2.07. The predicted molar refractivity (Wildman–Crippen MR) is 24.9 cm³/mol. The minimum atomic E-state index is -0.944. The molecule has 0 spiro atoms. The largest absolute Gasteiger partial charge is 0.182 e. The van der Waals surface area contributed by atoms with E-state index in [-0.39, 0.29) is 6.04 Å². The molecule has 0 radical (unpaired) electrons. The molecule has 3 heteroatoms. The van der Waals surface area contributed by atoms with Crippen molar-refractivity contribution < 1.29 is 15.2 Å². The van der Waals surface area contributed by atoms with Crippen molar-refractivity contribution >= 4 is 0 Å². The third-order valence-electron chi connectivity index (χ3n) is 0.978. The van der Waals surface area contributed by atoms with Crippen LogP contribution in [0.15, 0.2) is 0 Å². The highest BCUT2D eigenvalue weighted by molar-refractivity contribution is 4.25. The molecule has 0 aromatic carbocycles. The Morgan fingerprint density at radius 2 is 1.43 bits per heavy atom. The number of nitrogens with zero attached hydrogens (tertiary/aromatic N) is 1. The molecule has 0 rings (SSSR count). The first-order valence-corrected chi connectivity index (χ1v) is 2.26. The maximum absolute atomic E-state index is 8.59. The Labute approximate surface area is 43.3 Å². The number of hydrogen-bond acceptors (Lipinski definition) is 2. The summed E-state index contributed by atoms with van der Waals surface area (Å²) in [6.07, 6.45) is 0. The second-order valence-corrected chi connectivity index (χ2v) is 2.07. The Balaban J connectivity index is 3.54. The zero-order valence-corrected chi connectivity index (χ0v) is 4.92. The molecule has 0 aliphatic rings. The van der Waals surface area contributed by atoms with Crippen LogP contribution in [-0.4, -0.2) is 28.3 Å². The van der Waals surface area contributed by atoms with E-state index in [2.05, 4.69) is 0 Å². The lowest BCUT2D eigenvalue weighted by atomic mass is 10.4. The fourth-order valence-electron chi connectivity index (χ4n) is 0. The minimum Gasteiger partial charge on any atom is -0.182 e. The number of hydroxylamine groups is 4. The Bertz CT molecular complexity index is 55.2. The van der Waals surface area contributed by atoms with E-state index >= 15 is 0 Å². The molecule has 0 atom stereocenters. The highest BCUT2D eigenvalue weighted by Crippen LogP contribution is 1.96. The summed E-state index contributed by atoms with van der Waals surface area (Å²) < 4.78 is 0. The van der Waals surface area contributed by atoms with Crippen molar-refractivity contribution in [3.63, 3.8) is 0 Å². The summed E-state index contributed by atoms with van der Waals surface area (Å²) in [5.41, 5.74) is 0. The van der Waals surface area contributed by atoms with Crippen LogP contribution in [0.3, 0.4) is 0 Å². The summed E-state index contributed by atoms with van der Waals surface area (Å²) >= 11 is 0. The first-order valence-electron chi connectivity index (χ1n) is 2.26. The fraction of sp³-hybridized carbons (Fsp3) is 1.00. The molecule has 0 aromatic rings. The van der Waals surface area contributed by atoms with Gasteiger partial charge in [0.05, 0.1) is 0 Å². The van der Waals surface area contributed by atoms with E-state index in [1.165, 1.54) is 7.05 Å². The summed E-state index contributed by atoms with van der Waals surface area (Å²) in [7, 11) is 1.31. The third-order valence-corrected chi connectivity index (χ3v) is 0.978. The Morgan fingerprint density at radius 3 is 1.43 bits per heavy atom. The van der Waals surface area contributed by atoms with Crippen molar-refractivity contribution in [3.05, 3.63) is 0 Å². The molecule has 44 valence electrons. The molecule has 2 N–H and O–H groups in total. The molecule has 0 heterocycles. The van der Waals surface area contributed by atoms with Gasteiger partial charge in [0.25, 0.3) is 0 Å². The first kappa shape index (κ1) is 6.88. The number of hydrogen-bond donors (Lipinski definition) is 2. The van der Waals surface area contributed by atoms with E-state index in [1.54, 1.807) is 13.8 Å². The normalized spacial score (nSPS) is 12.9. The maximum Gasteiger partial charge on any atom is 0.146 e. The minimum absolute atomic E-state index is 0.153. The monoisotopic (exact) mass is 106 g/mol. The van der Waals surface area contributed by atoms with Gasteiger partial charge in [-0.2, -0.15) is 10.4 Å². The van der Waals surface area contributed by atoms with Crippen LogP contribution in [0.25, 0.3) is 0 Å². The molecular weight excluding hydrogens is 94.0 g/mol. The lowest BCUT2D eigenvalue weighted by Gasteiger charge is -2.18.